The summed E-state index contributed by atoms with van der Waals surface area (Å²) in [4.78, 5) is 18.0. The normalized spacial score (nSPS) is 21.1. The van der Waals surface area contributed by atoms with E-state index in [4.69, 9.17) is 0 Å². The van der Waals surface area contributed by atoms with Crippen molar-refractivity contribution in [2.24, 2.45) is 0 Å². The summed E-state index contributed by atoms with van der Waals surface area (Å²) >= 11 is 0. The molecule has 5 rings (SSSR count). The quantitative estimate of drug-likeness (QED) is 0.476. The van der Waals surface area contributed by atoms with E-state index < -0.39 is 0 Å². The number of piperidine rings is 1. The molecule has 0 spiro atoms. The van der Waals surface area contributed by atoms with Crippen molar-refractivity contribution in [1.29, 1.82) is 0 Å². The highest BCUT2D eigenvalue weighted by Crippen LogP contribution is 2.27. The fourth-order valence-electron chi connectivity index (χ4n) is 5.72. The number of benzene rings is 3. The fourth-order valence-corrected chi connectivity index (χ4v) is 5.72. The number of nitrogens with zero attached hydrogens (tertiary/aromatic N) is 2. The summed E-state index contributed by atoms with van der Waals surface area (Å²) in [6.07, 6.45) is 1.73. The minimum Gasteiger partial charge on any atom is -0.382 e. The highest BCUT2D eigenvalue weighted by Gasteiger charge is 2.25. The van der Waals surface area contributed by atoms with Crippen LogP contribution in [0.1, 0.15) is 42.6 Å². The van der Waals surface area contributed by atoms with Crippen LogP contribution >= 0.6 is 0 Å². The van der Waals surface area contributed by atoms with Crippen LogP contribution in [-0.4, -0.2) is 60.0 Å². The van der Waals surface area contributed by atoms with Crippen LogP contribution in [0.4, 0.5) is 10.1 Å². The maximum absolute atomic E-state index is 13.5. The number of likely N-dealkylation sites (tertiary alicyclic amines) is 1. The zero-order chi connectivity index (χ0) is 25.8. The summed E-state index contributed by atoms with van der Waals surface area (Å²) < 4.78 is 13.2. The number of carbonyl (C=O) groups excluding carboxylic acids is 1. The smallest absolute Gasteiger partial charge is 0.254 e. The van der Waals surface area contributed by atoms with Gasteiger partial charge in [-0.1, -0.05) is 42.5 Å². The zero-order valence-electron chi connectivity index (χ0n) is 21.8. The zero-order valence-corrected chi connectivity index (χ0v) is 21.8. The summed E-state index contributed by atoms with van der Waals surface area (Å²) in [5.74, 6) is -0.146. The molecule has 2 aliphatic rings. The van der Waals surface area contributed by atoms with Gasteiger partial charge in [-0.15, -0.1) is 0 Å². The summed E-state index contributed by atoms with van der Waals surface area (Å²) in [7, 11) is 0. The lowest BCUT2D eigenvalue weighted by atomic mass is 9.96. The standard InChI is InChI=1S/C31H37FN4O/c1-22-19-35(20-23(2)33-22)21-24-7-9-25(10-8-24)29-5-3-4-6-30(29)31(37)36-17-15-28(16-18-36)34-27-13-11-26(32)12-14-27/h3-14,22-23,28,33-34H,15-21H2,1-2H3/t22-,23?/m0/s1. The molecule has 0 saturated carbocycles. The van der Waals surface area contributed by atoms with Gasteiger partial charge in [0, 0.05) is 62.1 Å². The van der Waals surface area contributed by atoms with Crippen molar-refractivity contribution < 1.29 is 9.18 Å². The van der Waals surface area contributed by atoms with Gasteiger partial charge in [0.2, 0.25) is 0 Å². The number of halogens is 1. The molecule has 3 aromatic carbocycles. The van der Waals surface area contributed by atoms with E-state index in [1.807, 2.05) is 29.2 Å². The molecular formula is C31H37FN4O. The van der Waals surface area contributed by atoms with Gasteiger partial charge in [0.25, 0.3) is 5.91 Å². The summed E-state index contributed by atoms with van der Waals surface area (Å²) in [6, 6.07) is 24.4. The Morgan fingerprint density at radius 3 is 2.24 bits per heavy atom. The van der Waals surface area contributed by atoms with Gasteiger partial charge in [0.05, 0.1) is 0 Å². The minimum atomic E-state index is -0.233. The molecule has 0 bridgehead atoms. The highest BCUT2D eigenvalue weighted by atomic mass is 19.1. The Labute approximate surface area is 219 Å². The topological polar surface area (TPSA) is 47.6 Å². The second-order valence-corrected chi connectivity index (χ2v) is 10.6. The van der Waals surface area contributed by atoms with Gasteiger partial charge in [0.15, 0.2) is 0 Å². The second-order valence-electron chi connectivity index (χ2n) is 10.6. The summed E-state index contributed by atoms with van der Waals surface area (Å²) in [5, 5.41) is 7.06. The van der Waals surface area contributed by atoms with Crippen molar-refractivity contribution in [3.8, 4) is 11.1 Å². The molecule has 2 atom stereocenters. The molecule has 2 aliphatic heterocycles. The predicted molar refractivity (Wildman–Crippen MR) is 148 cm³/mol. The predicted octanol–water partition coefficient (Wildman–Crippen LogP) is 5.39. The van der Waals surface area contributed by atoms with Gasteiger partial charge >= 0.3 is 0 Å². The number of hydrogen-bond acceptors (Lipinski definition) is 4. The molecular weight excluding hydrogens is 463 g/mol. The first-order valence-corrected chi connectivity index (χ1v) is 13.4. The van der Waals surface area contributed by atoms with Crippen molar-refractivity contribution >= 4 is 11.6 Å². The van der Waals surface area contributed by atoms with Gasteiger partial charge in [-0.2, -0.15) is 0 Å². The Balaban J connectivity index is 1.22. The van der Waals surface area contributed by atoms with Crippen LogP contribution < -0.4 is 10.6 Å². The molecule has 3 aromatic rings. The van der Waals surface area contributed by atoms with E-state index in [9.17, 15) is 9.18 Å². The molecule has 1 unspecified atom stereocenters. The number of piperazine rings is 1. The maximum atomic E-state index is 13.5. The summed E-state index contributed by atoms with van der Waals surface area (Å²) in [5.41, 5.74) is 5.02. The molecule has 2 N–H and O–H groups in total. The van der Waals surface area contributed by atoms with Gasteiger partial charge < -0.3 is 15.5 Å². The van der Waals surface area contributed by atoms with Gasteiger partial charge in [-0.05, 0) is 73.7 Å². The first-order valence-electron chi connectivity index (χ1n) is 13.4. The van der Waals surface area contributed by atoms with Crippen molar-refractivity contribution in [2.45, 2.75) is 51.4 Å². The average molecular weight is 501 g/mol. The minimum absolute atomic E-state index is 0.0868. The van der Waals surface area contributed by atoms with Crippen molar-refractivity contribution in [1.82, 2.24) is 15.1 Å². The number of amides is 1. The van der Waals surface area contributed by atoms with Crippen LogP contribution in [0.25, 0.3) is 11.1 Å². The van der Waals surface area contributed by atoms with E-state index in [0.29, 0.717) is 25.2 Å². The first kappa shape index (κ1) is 25.4. The Hall–Kier alpha value is -3.22. The first-order chi connectivity index (χ1) is 17.9. The van der Waals surface area contributed by atoms with Crippen molar-refractivity contribution in [3.05, 3.63) is 89.7 Å². The van der Waals surface area contributed by atoms with Gasteiger partial charge in [-0.25, -0.2) is 4.39 Å². The van der Waals surface area contributed by atoms with Gasteiger partial charge in [0.1, 0.15) is 5.82 Å². The van der Waals surface area contributed by atoms with Crippen LogP contribution in [0.15, 0.2) is 72.8 Å². The van der Waals surface area contributed by atoms with Crippen LogP contribution in [-0.2, 0) is 6.54 Å². The Bertz CT molecular complexity index is 1180. The number of nitrogens with one attached hydrogen (secondary N) is 2. The fraction of sp³-hybridized carbons (Fsp3) is 0.387. The highest BCUT2D eigenvalue weighted by molar-refractivity contribution is 6.01. The van der Waals surface area contributed by atoms with E-state index in [1.165, 1.54) is 17.7 Å². The number of carbonyl (C=O) groups is 1. The Morgan fingerprint density at radius 2 is 1.57 bits per heavy atom. The molecule has 2 fully saturated rings. The molecule has 0 radical (unpaired) electrons. The van der Waals surface area contributed by atoms with Crippen molar-refractivity contribution in [2.75, 3.05) is 31.5 Å². The largest absolute Gasteiger partial charge is 0.382 e. The van der Waals surface area contributed by atoms with E-state index in [2.05, 4.69) is 53.6 Å². The van der Waals surface area contributed by atoms with Crippen LogP contribution in [0.2, 0.25) is 0 Å². The van der Waals surface area contributed by atoms with E-state index in [1.54, 1.807) is 12.1 Å². The molecule has 0 aromatic heterocycles. The monoisotopic (exact) mass is 500 g/mol. The third-order valence-corrected chi connectivity index (χ3v) is 7.46. The molecule has 6 heteroatoms. The van der Waals surface area contributed by atoms with Crippen LogP contribution in [0, 0.1) is 5.82 Å². The van der Waals surface area contributed by atoms with E-state index in [-0.39, 0.29) is 17.8 Å². The lowest BCUT2D eigenvalue weighted by Crippen LogP contribution is -2.53. The third kappa shape index (κ3) is 6.38. The molecule has 5 nitrogen and oxygen atoms in total. The van der Waals surface area contributed by atoms with Crippen molar-refractivity contribution in [3.63, 3.8) is 0 Å². The second kappa shape index (κ2) is 11.4. The molecule has 194 valence electrons. The van der Waals surface area contributed by atoms with Crippen LogP contribution in [0.3, 0.4) is 0 Å². The lowest BCUT2D eigenvalue weighted by molar-refractivity contribution is 0.0719. The van der Waals surface area contributed by atoms with E-state index in [0.717, 1.165) is 54.9 Å². The van der Waals surface area contributed by atoms with Crippen LogP contribution in [0.5, 0.6) is 0 Å². The number of anilines is 1. The Kier molecular flexibility index (Phi) is 7.87. The maximum Gasteiger partial charge on any atom is 0.254 e. The number of rotatable bonds is 6. The SMILES string of the molecule is CC1CN(Cc2ccc(-c3ccccc3C(=O)N3CCC(Nc4ccc(F)cc4)CC3)cc2)C[C@H](C)N1. The lowest BCUT2D eigenvalue weighted by Gasteiger charge is -2.36. The average Bonchev–Trinajstić information content (AvgIpc) is 2.90. The van der Waals surface area contributed by atoms with Gasteiger partial charge in [-0.3, -0.25) is 9.69 Å². The molecule has 0 aliphatic carbocycles. The molecule has 2 saturated heterocycles. The summed E-state index contributed by atoms with van der Waals surface area (Å²) in [6.45, 7) is 8.94. The Morgan fingerprint density at radius 1 is 0.919 bits per heavy atom. The molecule has 2 heterocycles. The molecule has 1 amide bonds. The number of hydrogen-bond donors (Lipinski definition) is 2. The molecule has 37 heavy (non-hydrogen) atoms. The third-order valence-electron chi connectivity index (χ3n) is 7.46. The van der Waals surface area contributed by atoms with E-state index >= 15 is 0 Å².